The second-order valence-electron chi connectivity index (χ2n) is 3.21. The molecule has 1 atom stereocenters. The molecule has 0 heterocycles. The van der Waals surface area contributed by atoms with Crippen LogP contribution in [0.3, 0.4) is 0 Å². The zero-order valence-corrected chi connectivity index (χ0v) is 9.16. The van der Waals surface area contributed by atoms with Crippen LogP contribution in [-0.4, -0.2) is 42.0 Å². The maximum atomic E-state index is 11.2. The van der Waals surface area contributed by atoms with Crippen LogP contribution in [0.4, 0.5) is 0 Å². The van der Waals surface area contributed by atoms with Gasteiger partial charge in [-0.2, -0.15) is 0 Å². The summed E-state index contributed by atoms with van der Waals surface area (Å²) in [5, 5.41) is 13.0. The van der Waals surface area contributed by atoms with Crippen LogP contribution in [0.1, 0.15) is 19.8 Å². The Labute approximate surface area is 93.4 Å². The van der Waals surface area contributed by atoms with Crippen molar-refractivity contribution >= 4 is 17.8 Å². The fourth-order valence-electron chi connectivity index (χ4n) is 0.997. The van der Waals surface area contributed by atoms with Gasteiger partial charge in [-0.1, -0.05) is 0 Å². The summed E-state index contributed by atoms with van der Waals surface area (Å²) in [4.78, 5) is 32.4. The number of amides is 2. The molecule has 0 aromatic carbocycles. The summed E-state index contributed by atoms with van der Waals surface area (Å²) in [6.45, 7) is 1.85. The van der Waals surface area contributed by atoms with Crippen molar-refractivity contribution in [3.63, 3.8) is 0 Å². The molecule has 2 amide bonds. The molecule has 0 saturated carbocycles. The number of carboxylic acids is 1. The van der Waals surface area contributed by atoms with Crippen LogP contribution in [0.2, 0.25) is 0 Å². The first-order chi connectivity index (χ1) is 7.47. The van der Waals surface area contributed by atoms with Crippen LogP contribution in [0, 0.1) is 0 Å². The highest BCUT2D eigenvalue weighted by Gasteiger charge is 2.15. The molecule has 7 heteroatoms. The molecule has 5 N–H and O–H groups in total. The Morgan fingerprint density at radius 2 is 1.94 bits per heavy atom. The molecule has 0 aliphatic rings. The van der Waals surface area contributed by atoms with E-state index in [9.17, 15) is 14.4 Å². The van der Waals surface area contributed by atoms with Gasteiger partial charge in [-0.3, -0.25) is 14.4 Å². The second-order valence-corrected chi connectivity index (χ2v) is 3.21. The number of carbonyl (C=O) groups is 3. The minimum atomic E-state index is -1.13. The third kappa shape index (κ3) is 6.77. The quantitative estimate of drug-likeness (QED) is 0.422. The minimum Gasteiger partial charge on any atom is -0.480 e. The predicted octanol–water partition coefficient (Wildman–Crippen LogP) is -1.57. The standard InChI is InChI=1S/C9H17N3O4/c1-2-11-7(13)4-3-6(10)9(16)12-5-8(14)15/h6H,2-5,10H2,1H3,(H,11,13)(H,12,16)(H,14,15)/t6-/m0/s1. The Morgan fingerprint density at radius 1 is 1.31 bits per heavy atom. The first kappa shape index (κ1) is 14.4. The molecule has 0 saturated heterocycles. The van der Waals surface area contributed by atoms with E-state index in [4.69, 9.17) is 10.8 Å². The molecule has 0 aromatic rings. The van der Waals surface area contributed by atoms with Crippen molar-refractivity contribution in [3.8, 4) is 0 Å². The van der Waals surface area contributed by atoms with Crippen molar-refractivity contribution in [2.45, 2.75) is 25.8 Å². The largest absolute Gasteiger partial charge is 0.480 e. The van der Waals surface area contributed by atoms with Gasteiger partial charge < -0.3 is 21.5 Å². The van der Waals surface area contributed by atoms with E-state index in [-0.39, 0.29) is 18.7 Å². The Balaban J connectivity index is 3.78. The average Bonchev–Trinajstić information content (AvgIpc) is 2.22. The van der Waals surface area contributed by atoms with Crippen molar-refractivity contribution in [2.24, 2.45) is 5.73 Å². The van der Waals surface area contributed by atoms with Gasteiger partial charge in [0.2, 0.25) is 11.8 Å². The van der Waals surface area contributed by atoms with E-state index < -0.39 is 24.5 Å². The van der Waals surface area contributed by atoms with E-state index >= 15 is 0 Å². The van der Waals surface area contributed by atoms with E-state index in [1.807, 2.05) is 0 Å². The highest BCUT2D eigenvalue weighted by Crippen LogP contribution is 1.94. The highest BCUT2D eigenvalue weighted by molar-refractivity contribution is 5.85. The highest BCUT2D eigenvalue weighted by atomic mass is 16.4. The van der Waals surface area contributed by atoms with Gasteiger partial charge in [0.05, 0.1) is 6.04 Å². The monoisotopic (exact) mass is 231 g/mol. The molecular formula is C9H17N3O4. The van der Waals surface area contributed by atoms with Crippen LogP contribution in [0.15, 0.2) is 0 Å². The molecule has 0 aliphatic heterocycles. The number of hydrogen-bond acceptors (Lipinski definition) is 4. The first-order valence-electron chi connectivity index (χ1n) is 4.99. The zero-order chi connectivity index (χ0) is 12.6. The van der Waals surface area contributed by atoms with E-state index in [0.29, 0.717) is 6.54 Å². The molecule has 0 aromatic heterocycles. The van der Waals surface area contributed by atoms with Crippen molar-refractivity contribution in [1.29, 1.82) is 0 Å². The van der Waals surface area contributed by atoms with Crippen LogP contribution in [0.25, 0.3) is 0 Å². The van der Waals surface area contributed by atoms with Gasteiger partial charge in [-0.25, -0.2) is 0 Å². The van der Waals surface area contributed by atoms with Crippen molar-refractivity contribution in [1.82, 2.24) is 10.6 Å². The predicted molar refractivity (Wildman–Crippen MR) is 56.5 cm³/mol. The Morgan fingerprint density at radius 3 is 2.44 bits per heavy atom. The van der Waals surface area contributed by atoms with Gasteiger partial charge in [-0.05, 0) is 13.3 Å². The smallest absolute Gasteiger partial charge is 0.322 e. The van der Waals surface area contributed by atoms with Crippen LogP contribution < -0.4 is 16.4 Å². The SMILES string of the molecule is CCNC(=O)CC[C@H](N)C(=O)NCC(=O)O. The summed E-state index contributed by atoms with van der Waals surface area (Å²) in [7, 11) is 0. The normalized spacial score (nSPS) is 11.6. The van der Waals surface area contributed by atoms with E-state index in [0.717, 1.165) is 0 Å². The van der Waals surface area contributed by atoms with Gasteiger partial charge in [0.15, 0.2) is 0 Å². The second kappa shape index (κ2) is 7.63. The Kier molecular flexibility index (Phi) is 6.86. The number of carbonyl (C=O) groups excluding carboxylic acids is 2. The molecule has 0 unspecified atom stereocenters. The molecule has 0 radical (unpaired) electrons. The first-order valence-corrected chi connectivity index (χ1v) is 4.99. The summed E-state index contributed by atoms with van der Waals surface area (Å²) in [6.07, 6.45) is 0.340. The molecular weight excluding hydrogens is 214 g/mol. The molecule has 0 fully saturated rings. The maximum absolute atomic E-state index is 11.2. The summed E-state index contributed by atoms with van der Waals surface area (Å²) in [6, 6.07) is -0.859. The number of aliphatic carboxylic acids is 1. The van der Waals surface area contributed by atoms with E-state index in [2.05, 4.69) is 10.6 Å². The lowest BCUT2D eigenvalue weighted by atomic mass is 10.1. The third-order valence-electron chi connectivity index (χ3n) is 1.81. The summed E-state index contributed by atoms with van der Waals surface area (Å²) in [5.74, 6) is -1.88. The lowest BCUT2D eigenvalue weighted by Gasteiger charge is -2.10. The fourth-order valence-corrected chi connectivity index (χ4v) is 0.997. The number of rotatable bonds is 7. The van der Waals surface area contributed by atoms with Crippen LogP contribution in [-0.2, 0) is 14.4 Å². The summed E-state index contributed by atoms with van der Waals surface area (Å²) >= 11 is 0. The summed E-state index contributed by atoms with van der Waals surface area (Å²) in [5.41, 5.74) is 5.46. The number of carboxylic acid groups (broad SMARTS) is 1. The van der Waals surface area contributed by atoms with E-state index in [1.165, 1.54) is 0 Å². The zero-order valence-electron chi connectivity index (χ0n) is 9.16. The van der Waals surface area contributed by atoms with Crippen molar-refractivity contribution in [3.05, 3.63) is 0 Å². The molecule has 7 nitrogen and oxygen atoms in total. The molecule has 0 bridgehead atoms. The molecule has 0 spiro atoms. The fraction of sp³-hybridized carbons (Fsp3) is 0.667. The topological polar surface area (TPSA) is 122 Å². The molecule has 0 rings (SSSR count). The van der Waals surface area contributed by atoms with Crippen LogP contribution in [0.5, 0.6) is 0 Å². The van der Waals surface area contributed by atoms with Crippen molar-refractivity contribution in [2.75, 3.05) is 13.1 Å². The van der Waals surface area contributed by atoms with Gasteiger partial charge in [0, 0.05) is 13.0 Å². The lowest BCUT2D eigenvalue weighted by molar-refractivity contribution is -0.138. The number of hydrogen-bond donors (Lipinski definition) is 4. The number of nitrogens with two attached hydrogens (primary N) is 1. The van der Waals surface area contributed by atoms with Gasteiger partial charge >= 0.3 is 5.97 Å². The van der Waals surface area contributed by atoms with Gasteiger partial charge in [0.1, 0.15) is 6.54 Å². The Bertz CT molecular complexity index is 267. The third-order valence-corrected chi connectivity index (χ3v) is 1.81. The Hall–Kier alpha value is -1.63. The maximum Gasteiger partial charge on any atom is 0.322 e. The van der Waals surface area contributed by atoms with Gasteiger partial charge in [0.25, 0.3) is 0 Å². The van der Waals surface area contributed by atoms with Crippen molar-refractivity contribution < 1.29 is 19.5 Å². The molecule has 16 heavy (non-hydrogen) atoms. The van der Waals surface area contributed by atoms with Gasteiger partial charge in [-0.15, -0.1) is 0 Å². The average molecular weight is 231 g/mol. The van der Waals surface area contributed by atoms with E-state index in [1.54, 1.807) is 6.92 Å². The van der Waals surface area contributed by atoms with Crippen LogP contribution >= 0.6 is 0 Å². The number of nitrogens with one attached hydrogen (secondary N) is 2. The summed E-state index contributed by atoms with van der Waals surface area (Å²) < 4.78 is 0. The molecule has 0 aliphatic carbocycles. The lowest BCUT2D eigenvalue weighted by Crippen LogP contribution is -2.43. The molecule has 92 valence electrons. The minimum absolute atomic E-state index is 0.148.